The topological polar surface area (TPSA) is 72.4 Å². The van der Waals surface area contributed by atoms with Gasteiger partial charge in [0.1, 0.15) is 0 Å². The lowest BCUT2D eigenvalue weighted by molar-refractivity contribution is -0.119. The summed E-state index contributed by atoms with van der Waals surface area (Å²) in [5.41, 5.74) is 0.645. The molecule has 6 nitrogen and oxygen atoms in total. The van der Waals surface area contributed by atoms with Gasteiger partial charge in [-0.25, -0.2) is 9.97 Å². The van der Waals surface area contributed by atoms with Crippen molar-refractivity contribution in [1.29, 1.82) is 0 Å². The van der Waals surface area contributed by atoms with Crippen molar-refractivity contribution in [2.75, 3.05) is 31.2 Å². The van der Waals surface area contributed by atoms with Crippen LogP contribution < -0.4 is 4.90 Å². The fourth-order valence-corrected chi connectivity index (χ4v) is 2.85. The lowest BCUT2D eigenvalue weighted by Crippen LogP contribution is -2.37. The molecule has 104 valence electrons. The Labute approximate surface area is 120 Å². The van der Waals surface area contributed by atoms with Crippen LogP contribution in [0.5, 0.6) is 0 Å². The number of nitrogens with zero attached hydrogens (tertiary/aromatic N) is 3. The van der Waals surface area contributed by atoms with Crippen LogP contribution in [0.3, 0.4) is 0 Å². The van der Waals surface area contributed by atoms with Crippen LogP contribution in [0.4, 0.5) is 5.95 Å². The van der Waals surface area contributed by atoms with E-state index < -0.39 is 0 Å². The number of thioether (sulfide) groups is 1. The van der Waals surface area contributed by atoms with E-state index in [1.165, 1.54) is 0 Å². The summed E-state index contributed by atoms with van der Waals surface area (Å²) in [6, 6.07) is 1.73. The monoisotopic (exact) mass is 291 g/mol. The fourth-order valence-electron chi connectivity index (χ4n) is 2.04. The van der Waals surface area contributed by atoms with Crippen molar-refractivity contribution in [3.05, 3.63) is 22.9 Å². The summed E-state index contributed by atoms with van der Waals surface area (Å²) < 4.78 is 5.29. The molecule has 0 aliphatic carbocycles. The number of hydrogen-bond acceptors (Lipinski definition) is 7. The second-order valence-corrected chi connectivity index (χ2v) is 5.56. The van der Waals surface area contributed by atoms with Gasteiger partial charge in [-0.2, -0.15) is 0 Å². The van der Waals surface area contributed by atoms with Crippen molar-refractivity contribution in [3.63, 3.8) is 0 Å². The van der Waals surface area contributed by atoms with Gasteiger partial charge < -0.3 is 9.64 Å². The first-order valence-corrected chi connectivity index (χ1v) is 7.15. The molecule has 1 aromatic rings. The number of rotatable bonds is 2. The molecule has 2 aliphatic heterocycles. The highest BCUT2D eigenvalue weighted by molar-refractivity contribution is 8.18. The Morgan fingerprint density at radius 3 is 2.80 bits per heavy atom. The van der Waals surface area contributed by atoms with Crippen molar-refractivity contribution in [3.8, 4) is 0 Å². The number of Topliss-reactive ketones (excluding diaryl/α,β-unsaturated/α-hetero) is 1. The lowest BCUT2D eigenvalue weighted by Gasteiger charge is -2.26. The predicted molar refractivity (Wildman–Crippen MR) is 75.3 cm³/mol. The zero-order chi connectivity index (χ0) is 13.9. The third-order valence-electron chi connectivity index (χ3n) is 3.04. The number of anilines is 1. The highest BCUT2D eigenvalue weighted by Crippen LogP contribution is 2.30. The van der Waals surface area contributed by atoms with E-state index >= 15 is 0 Å². The molecule has 2 fully saturated rings. The first kappa shape index (κ1) is 13.3. The largest absolute Gasteiger partial charge is 0.378 e. The minimum absolute atomic E-state index is 0.0160. The summed E-state index contributed by atoms with van der Waals surface area (Å²) in [5, 5.41) is -0.108. The van der Waals surface area contributed by atoms with Gasteiger partial charge in [0.25, 0.3) is 0 Å². The van der Waals surface area contributed by atoms with Gasteiger partial charge >= 0.3 is 0 Å². The van der Waals surface area contributed by atoms with E-state index in [1.807, 2.05) is 4.90 Å². The van der Waals surface area contributed by atoms with Crippen LogP contribution in [0.25, 0.3) is 6.08 Å². The van der Waals surface area contributed by atoms with Gasteiger partial charge in [0.2, 0.25) is 11.1 Å². The van der Waals surface area contributed by atoms with Gasteiger partial charge in [0, 0.05) is 19.3 Å². The second kappa shape index (κ2) is 5.72. The molecule has 0 bridgehead atoms. The van der Waals surface area contributed by atoms with Crippen LogP contribution in [0.1, 0.15) is 12.1 Å². The number of ketones is 1. The number of morpholine rings is 1. The van der Waals surface area contributed by atoms with Crippen molar-refractivity contribution in [1.82, 2.24) is 9.97 Å². The van der Waals surface area contributed by atoms with Gasteiger partial charge in [0.15, 0.2) is 5.78 Å². The summed E-state index contributed by atoms with van der Waals surface area (Å²) >= 11 is 0.989. The van der Waals surface area contributed by atoms with Crippen molar-refractivity contribution in [2.24, 2.45) is 0 Å². The summed E-state index contributed by atoms with van der Waals surface area (Å²) in [4.78, 5) is 34.0. The van der Waals surface area contributed by atoms with E-state index in [1.54, 1.807) is 18.3 Å². The van der Waals surface area contributed by atoms with Crippen molar-refractivity contribution < 1.29 is 14.3 Å². The Morgan fingerprint density at radius 1 is 1.30 bits per heavy atom. The summed E-state index contributed by atoms with van der Waals surface area (Å²) in [6.07, 6.45) is 3.30. The molecule has 0 aromatic carbocycles. The molecule has 2 aliphatic rings. The van der Waals surface area contributed by atoms with Gasteiger partial charge in [0.05, 0.1) is 30.2 Å². The number of carbonyl (C=O) groups excluding carboxylic acids is 2. The first-order valence-electron chi connectivity index (χ1n) is 6.34. The molecule has 2 saturated heterocycles. The van der Waals surface area contributed by atoms with Crippen LogP contribution in [0, 0.1) is 0 Å². The molecule has 0 atom stereocenters. The molecule has 0 amide bonds. The molecule has 0 unspecified atom stereocenters. The van der Waals surface area contributed by atoms with Crippen LogP contribution in [-0.2, 0) is 14.3 Å². The fraction of sp³-hybridized carbons (Fsp3) is 0.385. The van der Waals surface area contributed by atoms with Crippen molar-refractivity contribution in [2.45, 2.75) is 6.42 Å². The minimum Gasteiger partial charge on any atom is -0.378 e. The Morgan fingerprint density at radius 2 is 2.10 bits per heavy atom. The normalized spacial score (nSPS) is 21.8. The zero-order valence-electron chi connectivity index (χ0n) is 10.7. The van der Waals surface area contributed by atoms with Crippen molar-refractivity contribution >= 4 is 34.7 Å². The molecule has 20 heavy (non-hydrogen) atoms. The van der Waals surface area contributed by atoms with E-state index in [2.05, 4.69) is 9.97 Å². The number of hydrogen-bond donors (Lipinski definition) is 0. The standard InChI is InChI=1S/C13H13N3O3S/c17-10-8-12(18)20-11(10)7-9-1-2-14-13(15-9)16-3-5-19-6-4-16/h1-2,7H,3-6,8H2. The van der Waals surface area contributed by atoms with E-state index in [-0.39, 0.29) is 17.3 Å². The average Bonchev–Trinajstić information content (AvgIpc) is 2.78. The SMILES string of the molecule is O=C1CC(=O)C(=Cc2ccnc(N3CCOCC3)n2)S1. The molecule has 0 saturated carbocycles. The van der Waals surface area contributed by atoms with E-state index in [0.717, 1.165) is 24.9 Å². The molecule has 0 radical (unpaired) electrons. The lowest BCUT2D eigenvalue weighted by atomic mass is 10.2. The van der Waals surface area contributed by atoms with Gasteiger partial charge in [-0.05, 0) is 23.9 Å². The Hall–Kier alpha value is -1.73. The molecule has 3 heterocycles. The molecule has 3 rings (SSSR count). The second-order valence-electron chi connectivity index (χ2n) is 4.46. The van der Waals surface area contributed by atoms with Crippen LogP contribution in [0.2, 0.25) is 0 Å². The van der Waals surface area contributed by atoms with Crippen LogP contribution in [0.15, 0.2) is 17.2 Å². The summed E-state index contributed by atoms with van der Waals surface area (Å²) in [7, 11) is 0. The Kier molecular flexibility index (Phi) is 3.79. The maximum atomic E-state index is 11.6. The predicted octanol–water partition coefficient (Wildman–Crippen LogP) is 0.887. The molecular weight excluding hydrogens is 278 g/mol. The zero-order valence-corrected chi connectivity index (χ0v) is 11.6. The molecule has 0 spiro atoms. The highest BCUT2D eigenvalue weighted by Gasteiger charge is 2.26. The molecule has 1 aromatic heterocycles. The van der Waals surface area contributed by atoms with E-state index in [9.17, 15) is 9.59 Å². The minimum atomic E-state index is -0.133. The van der Waals surface area contributed by atoms with Gasteiger partial charge in [-0.15, -0.1) is 0 Å². The van der Waals surface area contributed by atoms with E-state index in [0.29, 0.717) is 29.8 Å². The Balaban J connectivity index is 1.82. The van der Waals surface area contributed by atoms with Crippen LogP contribution in [-0.4, -0.2) is 47.2 Å². The maximum absolute atomic E-state index is 11.6. The number of aromatic nitrogens is 2. The molecule has 0 N–H and O–H groups in total. The third-order valence-corrected chi connectivity index (χ3v) is 3.98. The smallest absolute Gasteiger partial charge is 0.225 e. The summed E-state index contributed by atoms with van der Waals surface area (Å²) in [5.74, 6) is 0.496. The molecule has 7 heteroatoms. The molecular formula is C13H13N3O3S. The average molecular weight is 291 g/mol. The first-order chi connectivity index (χ1) is 9.72. The Bertz CT molecular complexity index is 582. The number of carbonyl (C=O) groups is 2. The summed E-state index contributed by atoms with van der Waals surface area (Å²) in [6.45, 7) is 2.84. The highest BCUT2D eigenvalue weighted by atomic mass is 32.2. The van der Waals surface area contributed by atoms with Gasteiger partial charge in [-0.1, -0.05) is 0 Å². The third kappa shape index (κ3) is 2.88. The van der Waals surface area contributed by atoms with Gasteiger partial charge in [-0.3, -0.25) is 9.59 Å². The maximum Gasteiger partial charge on any atom is 0.225 e. The number of ether oxygens (including phenoxy) is 1. The quantitative estimate of drug-likeness (QED) is 0.591. The van der Waals surface area contributed by atoms with E-state index in [4.69, 9.17) is 4.74 Å². The van der Waals surface area contributed by atoms with Crippen LogP contribution >= 0.6 is 11.8 Å². The number of allylic oxidation sites excluding steroid dienone is 1.